The largest absolute Gasteiger partial charge is 0.481 e. The van der Waals surface area contributed by atoms with E-state index in [4.69, 9.17) is 14.0 Å². The second kappa shape index (κ2) is 7.03. The molecule has 2 aromatic heterocycles. The number of pyridine rings is 1. The maximum atomic E-state index is 12.8. The van der Waals surface area contributed by atoms with Crippen molar-refractivity contribution < 1.29 is 18.8 Å². The molecule has 1 saturated carbocycles. The van der Waals surface area contributed by atoms with Crippen molar-refractivity contribution in [2.24, 2.45) is 5.92 Å². The van der Waals surface area contributed by atoms with Crippen molar-refractivity contribution >= 4 is 5.91 Å². The van der Waals surface area contributed by atoms with Gasteiger partial charge in [-0.1, -0.05) is 5.16 Å². The number of aromatic nitrogens is 3. The summed E-state index contributed by atoms with van der Waals surface area (Å²) in [5, 5.41) is 4.11. The van der Waals surface area contributed by atoms with Crippen LogP contribution in [0, 0.1) is 5.92 Å². The van der Waals surface area contributed by atoms with Crippen LogP contribution in [0.1, 0.15) is 46.8 Å². The van der Waals surface area contributed by atoms with E-state index < -0.39 is 0 Å². The molecule has 138 valence electrons. The summed E-state index contributed by atoms with van der Waals surface area (Å²) in [5.74, 6) is 2.38. The van der Waals surface area contributed by atoms with Gasteiger partial charge in [0.1, 0.15) is 0 Å². The lowest BCUT2D eigenvalue weighted by molar-refractivity contribution is 0.0775. The number of carbonyl (C=O) groups excluding carboxylic acids is 1. The van der Waals surface area contributed by atoms with Gasteiger partial charge in [0.15, 0.2) is 5.82 Å². The summed E-state index contributed by atoms with van der Waals surface area (Å²) in [7, 11) is 3.21. The summed E-state index contributed by atoms with van der Waals surface area (Å²) in [5.41, 5.74) is 0.534. The van der Waals surface area contributed by atoms with Crippen LogP contribution in [0.2, 0.25) is 0 Å². The van der Waals surface area contributed by atoms with E-state index >= 15 is 0 Å². The van der Waals surface area contributed by atoms with Crippen LogP contribution in [-0.2, 0) is 4.74 Å². The first-order chi connectivity index (χ1) is 12.7. The van der Waals surface area contributed by atoms with Gasteiger partial charge in [-0.3, -0.25) is 4.79 Å². The van der Waals surface area contributed by atoms with Gasteiger partial charge in [0.2, 0.25) is 11.8 Å². The summed E-state index contributed by atoms with van der Waals surface area (Å²) in [4.78, 5) is 23.3. The van der Waals surface area contributed by atoms with Crippen molar-refractivity contribution in [2.45, 2.75) is 24.7 Å². The molecule has 2 aliphatic rings. The summed E-state index contributed by atoms with van der Waals surface area (Å²) in [6, 6.07) is 3.41. The van der Waals surface area contributed by atoms with Gasteiger partial charge in [-0.05, 0) is 18.9 Å². The van der Waals surface area contributed by atoms with E-state index in [1.165, 1.54) is 6.20 Å². The minimum Gasteiger partial charge on any atom is -0.481 e. The number of ether oxygens (including phenoxy) is 2. The Morgan fingerprint density at radius 1 is 1.31 bits per heavy atom. The van der Waals surface area contributed by atoms with Gasteiger partial charge in [-0.25, -0.2) is 4.98 Å². The number of hydrogen-bond acceptors (Lipinski definition) is 7. The Hall–Kier alpha value is -2.48. The third-order valence-electron chi connectivity index (χ3n) is 5.02. The highest BCUT2D eigenvalue weighted by atomic mass is 16.5. The van der Waals surface area contributed by atoms with Crippen molar-refractivity contribution in [1.82, 2.24) is 20.0 Å². The normalized spacial score (nSPS) is 22.6. The number of hydrogen-bond donors (Lipinski definition) is 0. The topological polar surface area (TPSA) is 90.6 Å². The van der Waals surface area contributed by atoms with E-state index in [9.17, 15) is 4.79 Å². The van der Waals surface area contributed by atoms with Crippen molar-refractivity contribution in [2.75, 3.05) is 33.9 Å². The molecule has 8 heteroatoms. The van der Waals surface area contributed by atoms with Crippen LogP contribution in [-0.4, -0.2) is 59.8 Å². The highest BCUT2D eigenvalue weighted by molar-refractivity contribution is 5.94. The van der Waals surface area contributed by atoms with Crippen molar-refractivity contribution in [3.05, 3.63) is 35.6 Å². The van der Waals surface area contributed by atoms with E-state index in [2.05, 4.69) is 15.1 Å². The van der Waals surface area contributed by atoms with Gasteiger partial charge in [-0.2, -0.15) is 4.98 Å². The zero-order chi connectivity index (χ0) is 18.1. The maximum Gasteiger partial charge on any atom is 0.255 e. The van der Waals surface area contributed by atoms with E-state index in [0.29, 0.717) is 42.9 Å². The van der Waals surface area contributed by atoms with Crippen LogP contribution in [0.3, 0.4) is 0 Å². The molecular weight excluding hydrogens is 336 g/mol. The fourth-order valence-corrected chi connectivity index (χ4v) is 3.42. The summed E-state index contributed by atoms with van der Waals surface area (Å²) >= 11 is 0. The van der Waals surface area contributed by atoms with Crippen molar-refractivity contribution in [1.29, 1.82) is 0 Å². The van der Waals surface area contributed by atoms with E-state index in [1.807, 2.05) is 0 Å². The standard InChI is InChI=1S/C18H22N4O4/c1-24-10-13-8-22(18(23)12-5-6-15(25-2)19-7-12)9-14(13)17-20-16(21-26-17)11-3-4-11/h5-7,11,13-14H,3-4,8-10H2,1-2H3. The van der Waals surface area contributed by atoms with Crippen LogP contribution >= 0.6 is 0 Å². The summed E-state index contributed by atoms with van der Waals surface area (Å²) in [6.45, 7) is 1.66. The molecule has 1 amide bonds. The molecule has 2 atom stereocenters. The van der Waals surface area contributed by atoms with Crippen LogP contribution in [0.4, 0.5) is 0 Å². The molecule has 0 aromatic carbocycles. The van der Waals surface area contributed by atoms with Gasteiger partial charge >= 0.3 is 0 Å². The zero-order valence-corrected chi connectivity index (χ0v) is 14.9. The summed E-state index contributed by atoms with van der Waals surface area (Å²) in [6.07, 6.45) is 3.79. The maximum absolute atomic E-state index is 12.8. The van der Waals surface area contributed by atoms with Gasteiger partial charge < -0.3 is 18.9 Å². The summed E-state index contributed by atoms with van der Waals surface area (Å²) < 4.78 is 15.9. The number of rotatable bonds is 6. The smallest absolute Gasteiger partial charge is 0.255 e. The molecule has 26 heavy (non-hydrogen) atoms. The fourth-order valence-electron chi connectivity index (χ4n) is 3.42. The molecule has 2 unspecified atom stereocenters. The molecule has 4 rings (SSSR count). The van der Waals surface area contributed by atoms with E-state index in [-0.39, 0.29) is 17.7 Å². The first-order valence-corrected chi connectivity index (χ1v) is 8.81. The van der Waals surface area contributed by atoms with Crippen LogP contribution in [0.25, 0.3) is 0 Å². The number of nitrogens with zero attached hydrogens (tertiary/aromatic N) is 4. The highest BCUT2D eigenvalue weighted by Crippen LogP contribution is 2.40. The second-order valence-corrected chi connectivity index (χ2v) is 6.89. The monoisotopic (exact) mass is 358 g/mol. The molecule has 1 aliphatic heterocycles. The minimum atomic E-state index is -0.0642. The van der Waals surface area contributed by atoms with Crippen molar-refractivity contribution in [3.8, 4) is 5.88 Å². The van der Waals surface area contributed by atoms with Gasteiger partial charge in [0.25, 0.3) is 5.91 Å². The third-order valence-corrected chi connectivity index (χ3v) is 5.02. The fraction of sp³-hybridized carbons (Fsp3) is 0.556. The Morgan fingerprint density at radius 2 is 2.15 bits per heavy atom. The first-order valence-electron chi connectivity index (χ1n) is 8.81. The first kappa shape index (κ1) is 17.0. The minimum absolute atomic E-state index is 0.00916. The Bertz CT molecular complexity index is 772. The van der Waals surface area contributed by atoms with E-state index in [0.717, 1.165) is 18.7 Å². The average molecular weight is 358 g/mol. The molecule has 2 fully saturated rings. The molecule has 2 aromatic rings. The number of amides is 1. The molecule has 3 heterocycles. The van der Waals surface area contributed by atoms with Gasteiger partial charge in [-0.15, -0.1) is 0 Å². The van der Waals surface area contributed by atoms with Gasteiger partial charge in [0, 0.05) is 44.3 Å². The zero-order valence-electron chi connectivity index (χ0n) is 14.9. The lowest BCUT2D eigenvalue weighted by Gasteiger charge is -2.16. The highest BCUT2D eigenvalue weighted by Gasteiger charge is 2.40. The van der Waals surface area contributed by atoms with Gasteiger partial charge in [0.05, 0.1) is 25.2 Å². The Labute approximate surface area is 151 Å². The molecule has 1 aliphatic carbocycles. The molecule has 0 radical (unpaired) electrons. The van der Waals surface area contributed by atoms with Crippen LogP contribution < -0.4 is 4.74 Å². The molecule has 8 nitrogen and oxygen atoms in total. The predicted molar refractivity (Wildman–Crippen MR) is 91.1 cm³/mol. The predicted octanol–water partition coefficient (Wildman–Crippen LogP) is 1.85. The molecule has 0 bridgehead atoms. The lowest BCUT2D eigenvalue weighted by atomic mass is 9.97. The Morgan fingerprint density at radius 3 is 2.81 bits per heavy atom. The third kappa shape index (κ3) is 3.29. The molecule has 0 N–H and O–H groups in total. The number of carbonyl (C=O) groups is 1. The quantitative estimate of drug-likeness (QED) is 0.778. The van der Waals surface area contributed by atoms with Crippen LogP contribution in [0.5, 0.6) is 5.88 Å². The number of likely N-dealkylation sites (tertiary alicyclic amines) is 1. The van der Waals surface area contributed by atoms with E-state index in [1.54, 1.807) is 31.3 Å². The molecule has 1 saturated heterocycles. The number of methoxy groups -OCH3 is 2. The SMILES string of the molecule is COCC1CN(C(=O)c2ccc(OC)nc2)CC1c1nc(C2CC2)no1. The van der Waals surface area contributed by atoms with Crippen molar-refractivity contribution in [3.63, 3.8) is 0 Å². The second-order valence-electron chi connectivity index (χ2n) is 6.89. The Balaban J connectivity index is 1.51. The molecule has 0 spiro atoms. The van der Waals surface area contributed by atoms with Crippen LogP contribution in [0.15, 0.2) is 22.9 Å². The lowest BCUT2D eigenvalue weighted by Crippen LogP contribution is -2.29. The molecular formula is C18H22N4O4. The Kier molecular flexibility index (Phi) is 4.58. The average Bonchev–Trinajstić information content (AvgIpc) is 3.25.